The van der Waals surface area contributed by atoms with Crippen LogP contribution in [-0.2, 0) is 0 Å². The largest absolute Gasteiger partial charge is 0.352 e. The summed E-state index contributed by atoms with van der Waals surface area (Å²) in [5.74, 6) is 4.01. The molecule has 0 aliphatic rings. The molecule has 0 fully saturated rings. The molecule has 0 aromatic heterocycles. The van der Waals surface area contributed by atoms with Crippen molar-refractivity contribution in [1.29, 1.82) is 0 Å². The molecule has 0 saturated carbocycles. The molecule has 0 bridgehead atoms. The summed E-state index contributed by atoms with van der Waals surface area (Å²) in [4.78, 5) is 22.1. The third-order valence-corrected chi connectivity index (χ3v) is 2.11. The number of amides is 3. The fourth-order valence-corrected chi connectivity index (χ4v) is 1.32. The van der Waals surface area contributed by atoms with E-state index in [-0.39, 0.29) is 24.3 Å². The quantitative estimate of drug-likeness (QED) is 0.277. The number of nitrogens with one attached hydrogen (secondary N) is 3. The molecule has 7 nitrogen and oxygen atoms in total. The number of carbonyl (C=O) groups is 2. The maximum atomic E-state index is 13.3. The minimum atomic E-state index is -0.681. The minimum Gasteiger partial charge on any atom is -0.352 e. The number of anilines is 1. The lowest BCUT2D eigenvalue weighted by Crippen LogP contribution is -2.37. The lowest BCUT2D eigenvalue weighted by atomic mass is 10.1. The molecule has 0 atom stereocenters. The van der Waals surface area contributed by atoms with Gasteiger partial charge in [0.15, 0.2) is 0 Å². The molecule has 1 aromatic rings. The van der Waals surface area contributed by atoms with E-state index in [1.165, 1.54) is 18.2 Å². The van der Waals surface area contributed by atoms with Crippen LogP contribution in [-0.4, -0.2) is 25.0 Å². The molecule has 0 heterocycles. The third-order valence-electron chi connectivity index (χ3n) is 2.11. The van der Waals surface area contributed by atoms with Gasteiger partial charge in [0.25, 0.3) is 5.91 Å². The van der Waals surface area contributed by atoms with Gasteiger partial charge in [0.05, 0.1) is 11.3 Å². The van der Waals surface area contributed by atoms with Gasteiger partial charge in [-0.15, -0.1) is 0 Å². The van der Waals surface area contributed by atoms with Crippen LogP contribution in [0.4, 0.5) is 14.9 Å². The Morgan fingerprint density at radius 3 is 2.50 bits per heavy atom. The van der Waals surface area contributed by atoms with Gasteiger partial charge in [-0.25, -0.2) is 9.18 Å². The van der Waals surface area contributed by atoms with Gasteiger partial charge in [0, 0.05) is 13.1 Å². The molecule has 3 amide bonds. The molecule has 0 radical (unpaired) electrons. The van der Waals surface area contributed by atoms with Gasteiger partial charge in [-0.3, -0.25) is 10.6 Å². The summed E-state index contributed by atoms with van der Waals surface area (Å²) >= 11 is 0. The number of nitrogen functional groups attached to an aromatic ring is 1. The van der Waals surface area contributed by atoms with Crippen molar-refractivity contribution in [2.45, 2.75) is 0 Å². The van der Waals surface area contributed by atoms with Crippen molar-refractivity contribution < 1.29 is 14.0 Å². The molecule has 0 unspecified atom stereocenters. The summed E-state index contributed by atoms with van der Waals surface area (Å²) in [6.07, 6.45) is 0. The van der Waals surface area contributed by atoms with Crippen molar-refractivity contribution >= 4 is 17.6 Å². The van der Waals surface area contributed by atoms with Crippen LogP contribution in [0.15, 0.2) is 18.2 Å². The molecule has 1 aromatic carbocycles. The number of carbonyl (C=O) groups excluding carboxylic acids is 2. The second-order valence-electron chi connectivity index (χ2n) is 3.35. The predicted molar refractivity (Wildman–Crippen MR) is 64.1 cm³/mol. The van der Waals surface area contributed by atoms with Crippen LogP contribution < -0.4 is 27.6 Å². The molecular weight excluding hydrogens is 241 g/mol. The highest BCUT2D eigenvalue weighted by Crippen LogP contribution is 2.18. The first kappa shape index (κ1) is 13.7. The Kier molecular flexibility index (Phi) is 4.88. The SMILES string of the molecule is NNc1c(F)cccc1C(=O)NCCNC(N)=O. The second-order valence-corrected chi connectivity index (χ2v) is 3.35. The Morgan fingerprint density at radius 2 is 1.89 bits per heavy atom. The first-order valence-electron chi connectivity index (χ1n) is 5.13. The average molecular weight is 255 g/mol. The van der Waals surface area contributed by atoms with E-state index < -0.39 is 17.8 Å². The summed E-state index contributed by atoms with van der Waals surface area (Å²) < 4.78 is 13.3. The average Bonchev–Trinajstić information content (AvgIpc) is 2.33. The summed E-state index contributed by atoms with van der Waals surface area (Å²) in [6.45, 7) is 0.351. The number of hydrazine groups is 1. The minimum absolute atomic E-state index is 0.0802. The number of primary amides is 1. The summed E-state index contributed by atoms with van der Waals surface area (Å²) in [5.41, 5.74) is 6.97. The van der Waals surface area contributed by atoms with E-state index in [1.54, 1.807) is 0 Å². The second kappa shape index (κ2) is 6.40. The highest BCUT2D eigenvalue weighted by molar-refractivity contribution is 5.99. The maximum Gasteiger partial charge on any atom is 0.312 e. The van der Waals surface area contributed by atoms with E-state index in [2.05, 4.69) is 16.1 Å². The van der Waals surface area contributed by atoms with Crippen molar-refractivity contribution in [1.82, 2.24) is 10.6 Å². The number of halogens is 1. The zero-order valence-electron chi connectivity index (χ0n) is 9.50. The standard InChI is InChI=1S/C10H14FN5O2/c11-7-3-1-2-6(8(7)16-13)9(17)14-4-5-15-10(12)18/h1-3,16H,4-5,13H2,(H,14,17)(H3,12,15,18). The van der Waals surface area contributed by atoms with Crippen LogP contribution in [0.5, 0.6) is 0 Å². The van der Waals surface area contributed by atoms with E-state index in [0.29, 0.717) is 0 Å². The Hall–Kier alpha value is -2.35. The molecule has 0 saturated heterocycles. The Bertz CT molecular complexity index is 452. The van der Waals surface area contributed by atoms with Gasteiger partial charge in [0.2, 0.25) is 0 Å². The third kappa shape index (κ3) is 3.59. The zero-order chi connectivity index (χ0) is 13.5. The number of hydrogen-bond donors (Lipinski definition) is 5. The number of rotatable bonds is 5. The fourth-order valence-electron chi connectivity index (χ4n) is 1.32. The van der Waals surface area contributed by atoms with E-state index in [0.717, 1.165) is 0 Å². The normalized spacial score (nSPS) is 9.67. The van der Waals surface area contributed by atoms with Crippen LogP contribution in [0.1, 0.15) is 10.4 Å². The summed E-state index contributed by atoms with van der Waals surface area (Å²) in [5, 5.41) is 4.79. The molecule has 1 rings (SSSR count). The smallest absolute Gasteiger partial charge is 0.312 e. The Labute approximate surface area is 103 Å². The first-order chi connectivity index (χ1) is 8.56. The molecule has 8 heteroatoms. The predicted octanol–water partition coefficient (Wildman–Crippen LogP) is -0.491. The van der Waals surface area contributed by atoms with Crippen LogP contribution in [0.2, 0.25) is 0 Å². The Morgan fingerprint density at radius 1 is 1.22 bits per heavy atom. The molecule has 7 N–H and O–H groups in total. The van der Waals surface area contributed by atoms with Crippen LogP contribution >= 0.6 is 0 Å². The molecule has 18 heavy (non-hydrogen) atoms. The number of para-hydroxylation sites is 1. The number of benzene rings is 1. The number of urea groups is 1. The van der Waals surface area contributed by atoms with Crippen molar-refractivity contribution in [2.24, 2.45) is 11.6 Å². The fraction of sp³-hybridized carbons (Fsp3) is 0.200. The van der Waals surface area contributed by atoms with Crippen molar-refractivity contribution in [3.05, 3.63) is 29.6 Å². The van der Waals surface area contributed by atoms with Crippen LogP contribution in [0, 0.1) is 5.82 Å². The highest BCUT2D eigenvalue weighted by atomic mass is 19.1. The van der Waals surface area contributed by atoms with Gasteiger partial charge >= 0.3 is 6.03 Å². The van der Waals surface area contributed by atoms with Gasteiger partial charge in [-0.05, 0) is 12.1 Å². The monoisotopic (exact) mass is 255 g/mol. The van der Waals surface area contributed by atoms with Gasteiger partial charge < -0.3 is 21.8 Å². The molecule has 98 valence electrons. The van der Waals surface area contributed by atoms with Crippen LogP contribution in [0.3, 0.4) is 0 Å². The van der Waals surface area contributed by atoms with Crippen molar-refractivity contribution in [3.63, 3.8) is 0 Å². The number of nitrogens with two attached hydrogens (primary N) is 2. The molecular formula is C10H14FN5O2. The van der Waals surface area contributed by atoms with E-state index in [9.17, 15) is 14.0 Å². The van der Waals surface area contributed by atoms with Crippen molar-refractivity contribution in [2.75, 3.05) is 18.5 Å². The van der Waals surface area contributed by atoms with Gasteiger partial charge in [-0.1, -0.05) is 6.07 Å². The lowest BCUT2D eigenvalue weighted by molar-refractivity contribution is 0.0954. The highest BCUT2D eigenvalue weighted by Gasteiger charge is 2.13. The topological polar surface area (TPSA) is 122 Å². The molecule has 0 aliphatic carbocycles. The maximum absolute atomic E-state index is 13.3. The molecule has 0 spiro atoms. The summed E-state index contributed by atoms with van der Waals surface area (Å²) in [6, 6.07) is 3.32. The lowest BCUT2D eigenvalue weighted by Gasteiger charge is -2.10. The van der Waals surface area contributed by atoms with Gasteiger partial charge in [-0.2, -0.15) is 0 Å². The van der Waals surface area contributed by atoms with Gasteiger partial charge in [0.1, 0.15) is 5.82 Å². The Balaban J connectivity index is 2.61. The first-order valence-corrected chi connectivity index (χ1v) is 5.13. The molecule has 0 aliphatic heterocycles. The van der Waals surface area contributed by atoms with Crippen molar-refractivity contribution in [3.8, 4) is 0 Å². The van der Waals surface area contributed by atoms with E-state index in [4.69, 9.17) is 11.6 Å². The zero-order valence-corrected chi connectivity index (χ0v) is 9.50. The number of hydrogen-bond acceptors (Lipinski definition) is 4. The van der Waals surface area contributed by atoms with E-state index in [1.807, 2.05) is 0 Å². The summed E-state index contributed by atoms with van der Waals surface area (Å²) in [7, 11) is 0. The van der Waals surface area contributed by atoms with Crippen LogP contribution in [0.25, 0.3) is 0 Å². The van der Waals surface area contributed by atoms with E-state index >= 15 is 0 Å².